The van der Waals surface area contributed by atoms with E-state index in [1.807, 2.05) is 6.07 Å². The van der Waals surface area contributed by atoms with Gasteiger partial charge in [0.1, 0.15) is 5.82 Å². The number of nitrogens with one attached hydrogen (secondary N) is 1. The van der Waals surface area contributed by atoms with Crippen LogP contribution in [-0.2, 0) is 24.9 Å². The highest BCUT2D eigenvalue weighted by atomic mass is 15.2. The number of aromatic nitrogens is 2. The van der Waals surface area contributed by atoms with Gasteiger partial charge < -0.3 is 10.2 Å². The largest absolute Gasteiger partial charge is 0.351 e. The summed E-state index contributed by atoms with van der Waals surface area (Å²) in [5, 5.41) is 3.41. The molecule has 0 radical (unpaired) electrons. The van der Waals surface area contributed by atoms with Crippen molar-refractivity contribution in [2.24, 2.45) is 0 Å². The van der Waals surface area contributed by atoms with Crippen LogP contribution in [0.2, 0.25) is 0 Å². The number of rotatable bonds is 5. The Labute approximate surface area is 167 Å². The zero-order chi connectivity index (χ0) is 19.6. The second-order valence-corrected chi connectivity index (χ2v) is 8.13. The van der Waals surface area contributed by atoms with Crippen LogP contribution >= 0.6 is 0 Å². The van der Waals surface area contributed by atoms with Crippen molar-refractivity contribution in [1.29, 1.82) is 0 Å². The molecule has 0 fully saturated rings. The molecule has 28 heavy (non-hydrogen) atoms. The van der Waals surface area contributed by atoms with Gasteiger partial charge in [0.25, 0.3) is 0 Å². The molecule has 0 unspecified atom stereocenters. The maximum atomic E-state index is 4.86. The number of nitrogens with zero attached hydrogens (tertiary/aromatic N) is 3. The second kappa shape index (κ2) is 7.63. The Morgan fingerprint density at radius 3 is 2.54 bits per heavy atom. The lowest BCUT2D eigenvalue weighted by Crippen LogP contribution is -2.42. The first-order chi connectivity index (χ1) is 13.5. The van der Waals surface area contributed by atoms with Crippen molar-refractivity contribution in [1.82, 2.24) is 9.97 Å². The van der Waals surface area contributed by atoms with Gasteiger partial charge in [0.05, 0.1) is 0 Å². The topological polar surface area (TPSA) is 41.1 Å². The van der Waals surface area contributed by atoms with E-state index in [1.165, 1.54) is 16.7 Å². The van der Waals surface area contributed by atoms with Crippen LogP contribution in [0.1, 0.15) is 43.2 Å². The predicted octanol–water partition coefficient (Wildman–Crippen LogP) is 4.95. The first-order valence-corrected chi connectivity index (χ1v) is 10.0. The number of benzene rings is 2. The summed E-state index contributed by atoms with van der Waals surface area (Å²) in [6, 6.07) is 21.3. The van der Waals surface area contributed by atoms with Crippen molar-refractivity contribution in [3.8, 4) is 0 Å². The smallest absolute Gasteiger partial charge is 0.225 e. The third kappa shape index (κ3) is 3.86. The average molecular weight is 373 g/mol. The molecule has 3 aromatic rings. The molecule has 0 saturated heterocycles. The molecule has 1 aliphatic rings. The van der Waals surface area contributed by atoms with Gasteiger partial charge in [-0.05, 0) is 23.1 Å². The van der Waals surface area contributed by atoms with Crippen LogP contribution in [0.5, 0.6) is 0 Å². The third-order valence-corrected chi connectivity index (χ3v) is 5.44. The molecular formula is C24H28N4. The molecule has 0 saturated carbocycles. The zero-order valence-corrected chi connectivity index (χ0v) is 16.9. The van der Waals surface area contributed by atoms with E-state index in [0.29, 0.717) is 5.95 Å². The molecule has 1 aliphatic heterocycles. The molecule has 2 aromatic carbocycles. The summed E-state index contributed by atoms with van der Waals surface area (Å²) in [6.07, 6.45) is 0.892. The molecule has 0 aliphatic carbocycles. The molecule has 4 rings (SSSR count). The minimum Gasteiger partial charge on any atom is -0.351 e. The standard InChI is InChI=1S/C24H28N4/c1-4-20-14-22(27-23(26-20)25-15-18-10-6-5-7-11-18)28-16-19-12-8-9-13-21(19)24(2,3)17-28/h5-14H,4,15-17H2,1-3H3,(H,25,26,27). The van der Waals surface area contributed by atoms with Crippen molar-refractivity contribution < 1.29 is 0 Å². The van der Waals surface area contributed by atoms with Gasteiger partial charge in [-0.1, -0.05) is 75.4 Å². The highest BCUT2D eigenvalue weighted by Gasteiger charge is 2.32. The summed E-state index contributed by atoms with van der Waals surface area (Å²) < 4.78 is 0. The lowest BCUT2D eigenvalue weighted by Gasteiger charge is -2.40. The van der Waals surface area contributed by atoms with E-state index in [0.717, 1.165) is 37.6 Å². The van der Waals surface area contributed by atoms with Crippen LogP contribution in [0.4, 0.5) is 11.8 Å². The zero-order valence-electron chi connectivity index (χ0n) is 16.9. The molecule has 144 valence electrons. The Bertz CT molecular complexity index is 950. The van der Waals surface area contributed by atoms with Crippen LogP contribution in [0.3, 0.4) is 0 Å². The van der Waals surface area contributed by atoms with Crippen molar-refractivity contribution >= 4 is 11.8 Å². The normalized spacial score (nSPS) is 15.2. The number of hydrogen-bond acceptors (Lipinski definition) is 4. The van der Waals surface area contributed by atoms with Gasteiger partial charge in [-0.3, -0.25) is 0 Å². The van der Waals surface area contributed by atoms with Crippen LogP contribution in [0.25, 0.3) is 0 Å². The number of aryl methyl sites for hydroxylation is 1. The lowest BCUT2D eigenvalue weighted by molar-refractivity contribution is 0.474. The van der Waals surface area contributed by atoms with Crippen LogP contribution in [0, 0.1) is 0 Å². The Morgan fingerprint density at radius 2 is 1.75 bits per heavy atom. The Hall–Kier alpha value is -2.88. The second-order valence-electron chi connectivity index (χ2n) is 8.13. The van der Waals surface area contributed by atoms with Gasteiger partial charge in [0, 0.05) is 36.8 Å². The number of anilines is 2. The van der Waals surface area contributed by atoms with E-state index in [1.54, 1.807) is 0 Å². The van der Waals surface area contributed by atoms with Gasteiger partial charge in [-0.2, -0.15) is 4.98 Å². The highest BCUT2D eigenvalue weighted by Crippen LogP contribution is 2.35. The molecule has 0 bridgehead atoms. The first-order valence-electron chi connectivity index (χ1n) is 10.0. The van der Waals surface area contributed by atoms with E-state index in [9.17, 15) is 0 Å². The van der Waals surface area contributed by atoms with Crippen LogP contribution < -0.4 is 10.2 Å². The Balaban J connectivity index is 1.61. The summed E-state index contributed by atoms with van der Waals surface area (Å²) in [7, 11) is 0. The van der Waals surface area contributed by atoms with Gasteiger partial charge in [0.15, 0.2) is 0 Å². The lowest BCUT2D eigenvalue weighted by atomic mass is 9.78. The molecular weight excluding hydrogens is 344 g/mol. The van der Waals surface area contributed by atoms with E-state index in [4.69, 9.17) is 9.97 Å². The van der Waals surface area contributed by atoms with E-state index in [2.05, 4.69) is 85.6 Å². The molecule has 1 N–H and O–H groups in total. The molecule has 0 amide bonds. The molecule has 4 nitrogen and oxygen atoms in total. The van der Waals surface area contributed by atoms with Gasteiger partial charge in [-0.15, -0.1) is 0 Å². The minimum atomic E-state index is 0.0871. The fraction of sp³-hybridized carbons (Fsp3) is 0.333. The summed E-state index contributed by atoms with van der Waals surface area (Å²) in [5.74, 6) is 1.71. The van der Waals surface area contributed by atoms with Gasteiger partial charge >= 0.3 is 0 Å². The highest BCUT2D eigenvalue weighted by molar-refractivity contribution is 5.50. The fourth-order valence-electron chi connectivity index (χ4n) is 3.99. The molecule has 1 aromatic heterocycles. The maximum Gasteiger partial charge on any atom is 0.225 e. The fourth-order valence-corrected chi connectivity index (χ4v) is 3.99. The Morgan fingerprint density at radius 1 is 1.00 bits per heavy atom. The molecule has 0 atom stereocenters. The van der Waals surface area contributed by atoms with Crippen molar-refractivity contribution in [2.75, 3.05) is 16.8 Å². The van der Waals surface area contributed by atoms with Gasteiger partial charge in [-0.25, -0.2) is 4.98 Å². The number of hydrogen-bond donors (Lipinski definition) is 1. The Kier molecular flexibility index (Phi) is 5.03. The maximum absolute atomic E-state index is 4.86. The van der Waals surface area contributed by atoms with E-state index in [-0.39, 0.29) is 5.41 Å². The summed E-state index contributed by atoms with van der Waals surface area (Å²) in [4.78, 5) is 11.9. The van der Waals surface area contributed by atoms with E-state index < -0.39 is 0 Å². The summed E-state index contributed by atoms with van der Waals surface area (Å²) in [5.41, 5.74) is 5.21. The molecule has 0 spiro atoms. The quantitative estimate of drug-likeness (QED) is 0.688. The molecule has 2 heterocycles. The number of fused-ring (bicyclic) bond motifs is 1. The average Bonchev–Trinajstić information content (AvgIpc) is 2.72. The van der Waals surface area contributed by atoms with Crippen LogP contribution in [-0.4, -0.2) is 16.5 Å². The van der Waals surface area contributed by atoms with Crippen LogP contribution in [0.15, 0.2) is 60.7 Å². The summed E-state index contributed by atoms with van der Waals surface area (Å²) in [6.45, 7) is 9.33. The van der Waals surface area contributed by atoms with Crippen molar-refractivity contribution in [3.63, 3.8) is 0 Å². The first kappa shape index (κ1) is 18.5. The monoisotopic (exact) mass is 372 g/mol. The minimum absolute atomic E-state index is 0.0871. The SMILES string of the molecule is CCc1cc(N2Cc3ccccc3C(C)(C)C2)nc(NCc2ccccc2)n1. The van der Waals surface area contributed by atoms with E-state index >= 15 is 0 Å². The summed E-state index contributed by atoms with van der Waals surface area (Å²) >= 11 is 0. The van der Waals surface area contributed by atoms with Crippen molar-refractivity contribution in [2.45, 2.75) is 45.7 Å². The third-order valence-electron chi connectivity index (χ3n) is 5.44. The van der Waals surface area contributed by atoms with Crippen molar-refractivity contribution in [3.05, 3.63) is 83.0 Å². The predicted molar refractivity (Wildman–Crippen MR) is 116 cm³/mol. The molecule has 4 heteroatoms. The van der Waals surface area contributed by atoms with Gasteiger partial charge in [0.2, 0.25) is 5.95 Å².